The van der Waals surface area contributed by atoms with Crippen molar-refractivity contribution in [1.29, 1.82) is 10.5 Å². The second-order valence-electron chi connectivity index (χ2n) is 33.9. The highest BCUT2D eigenvalue weighted by atomic mass is 16.3. The molecule has 3 amide bonds. The predicted molar refractivity (Wildman–Crippen MR) is 510 cm³/mol. The molecule has 7 aromatic rings. The molecule has 0 aliphatic carbocycles. The highest BCUT2D eigenvalue weighted by molar-refractivity contribution is 5.96. The number of nitriles is 2. The molecule has 0 radical (unpaired) electrons. The lowest BCUT2D eigenvalue weighted by Crippen LogP contribution is -2.39. The van der Waals surface area contributed by atoms with Crippen LogP contribution in [0.25, 0.3) is 9.69 Å². The molecule has 0 saturated carbocycles. The van der Waals surface area contributed by atoms with E-state index in [0.29, 0.717) is 101 Å². The average Bonchev–Trinajstić information content (AvgIpc) is 0.773. The first-order valence-electron chi connectivity index (χ1n) is 46.6. The van der Waals surface area contributed by atoms with Gasteiger partial charge in [-0.05, 0) is 179 Å². The number of nitrogen functional groups attached to an aromatic ring is 1. The van der Waals surface area contributed by atoms with Gasteiger partial charge in [-0.1, -0.05) is 217 Å². The Morgan fingerprint density at radius 1 is 0.398 bits per heavy atom. The smallest absolute Gasteiger partial charge is 0.281 e. The molecular weight excluding hydrogens is 1610 g/mol. The zero-order valence-corrected chi connectivity index (χ0v) is 79.0. The van der Waals surface area contributed by atoms with Crippen molar-refractivity contribution in [3.05, 3.63) is 199 Å². The SMILES string of the molecule is CCCCC(CC)CN(CC(CC)CCCC)C(=O)c1cccc(N)c1.[C-]#[N+]c1c(C)c(N=Nc2cccc(C(=O)N(CC(CC)CCCC)CC(CC)CCCC)c2)c(=O)n(CCn2c(O)c(C#N)c(C)c(N=Nc3cccc(C(=O)N(CC(CC)CCCC)CC(CC)CCCC)c3)c2=O)c1O.[C-]#[N+]c1c(C)cc(=O)n(CCn2c(O)c(C#N)c(C)cc2=O)c1O. The lowest BCUT2D eigenvalue weighted by molar-refractivity contribution is 0.0678. The number of hydrogen-bond acceptors (Lipinski definition) is 18. The molecule has 0 saturated heterocycles. The summed E-state index contributed by atoms with van der Waals surface area (Å²) in [6.45, 7) is 50.5. The number of nitrogens with two attached hydrogens (primary N) is 1. The zero-order chi connectivity index (χ0) is 94.7. The van der Waals surface area contributed by atoms with Crippen LogP contribution in [0.2, 0.25) is 0 Å². The Balaban J connectivity index is 0.000000465. The molecule has 6 N–H and O–H groups in total. The van der Waals surface area contributed by atoms with Gasteiger partial charge in [0.25, 0.3) is 40.0 Å². The van der Waals surface area contributed by atoms with Gasteiger partial charge >= 0.3 is 0 Å². The van der Waals surface area contributed by atoms with Crippen molar-refractivity contribution in [1.82, 2.24) is 33.0 Å². The van der Waals surface area contributed by atoms with Crippen molar-refractivity contribution in [2.24, 2.45) is 56.0 Å². The highest BCUT2D eigenvalue weighted by Crippen LogP contribution is 2.37. The van der Waals surface area contributed by atoms with Gasteiger partial charge < -0.3 is 40.9 Å². The minimum absolute atomic E-state index is 0.0306. The fraction of sp³-hybridized carbons (Fsp3) is 0.554. The first-order chi connectivity index (χ1) is 61.4. The van der Waals surface area contributed by atoms with E-state index in [1.807, 2.05) is 46.2 Å². The van der Waals surface area contributed by atoms with Crippen LogP contribution in [0.15, 0.2) is 125 Å². The Labute approximate surface area is 758 Å². The second kappa shape index (κ2) is 55.6. The summed E-state index contributed by atoms with van der Waals surface area (Å²) < 4.78 is 3.60. The van der Waals surface area contributed by atoms with Crippen LogP contribution in [0.5, 0.6) is 23.5 Å². The minimum Gasteiger partial charge on any atom is -0.503 e. The summed E-state index contributed by atoms with van der Waals surface area (Å²) in [5.41, 5.74) is 5.75. The molecule has 27 heteroatoms. The number of aromatic hydroxyl groups is 4. The van der Waals surface area contributed by atoms with E-state index >= 15 is 0 Å². The maximum atomic E-state index is 14.3. The molecule has 0 fully saturated rings. The number of rotatable bonds is 49. The molecule has 4 heterocycles. The van der Waals surface area contributed by atoms with E-state index in [2.05, 4.69) is 118 Å². The number of amides is 3. The highest BCUT2D eigenvalue weighted by Gasteiger charge is 2.29. The van der Waals surface area contributed by atoms with Crippen molar-refractivity contribution < 1.29 is 34.8 Å². The van der Waals surface area contributed by atoms with Gasteiger partial charge in [-0.2, -0.15) is 20.8 Å². The lowest BCUT2D eigenvalue weighted by atomic mass is 9.95. The van der Waals surface area contributed by atoms with Crippen molar-refractivity contribution >= 4 is 57.5 Å². The van der Waals surface area contributed by atoms with Crippen LogP contribution in [0, 0.1) is 99.0 Å². The van der Waals surface area contributed by atoms with Crippen molar-refractivity contribution in [2.45, 2.75) is 291 Å². The third-order valence-corrected chi connectivity index (χ3v) is 24.6. The fourth-order valence-electron chi connectivity index (χ4n) is 16.0. The molecule has 4 aromatic heterocycles. The maximum Gasteiger partial charge on any atom is 0.281 e. The van der Waals surface area contributed by atoms with E-state index in [1.54, 1.807) is 48.5 Å². The van der Waals surface area contributed by atoms with Crippen LogP contribution in [-0.2, 0) is 26.2 Å². The molecule has 0 spiro atoms. The average molecular weight is 1760 g/mol. The first kappa shape index (κ1) is 107. The molecule has 27 nitrogen and oxygen atoms in total. The molecule has 0 aliphatic heterocycles. The molecule has 6 unspecified atom stereocenters. The summed E-state index contributed by atoms with van der Waals surface area (Å²) in [6, 6.07) is 27.1. The van der Waals surface area contributed by atoms with Gasteiger partial charge in [0.05, 0.1) is 24.5 Å². The van der Waals surface area contributed by atoms with Gasteiger partial charge in [-0.3, -0.25) is 51.8 Å². The fourth-order valence-corrected chi connectivity index (χ4v) is 16.0. The summed E-state index contributed by atoms with van der Waals surface area (Å²) in [7, 11) is 0. The molecule has 0 aliphatic rings. The predicted octanol–water partition coefficient (Wildman–Crippen LogP) is 23.0. The van der Waals surface area contributed by atoms with E-state index in [1.165, 1.54) is 78.4 Å². The standard InChI is InChI=1S/C62H88N10O6.C23H40N2O.C16H14N4O4/c1-12-20-26-45(16-5)39-69(40-46(17-6)27-21-13-2)57(73)49-30-24-32-51(36-49)65-67-55-43(9)53(38-63)59(75)71(61(55)77)34-35-72-60(76)54(64-11)44(10)56(62(72)78)68-66-52-33-25-31-50(37-52)58(74)70(41-47(18-7)28-22-14-3)42-48(19-8)29-23-15-4;1-5-9-12-19(7-3)17-25(18-20(8-4)13-10-6-2)23(26)21-14-11-15-22(24)16-21;1-9-6-12(21)19(15(23)11(9)8-17)4-5-20-13(22)7-10(2)14(18-3)16(20)24/h24-25,30-33,36-37,45-48,75-76H,12-23,26-29,34-35,39-42H2,1-10H3;11,14-16,19-20H,5-10,12-13,17-18,24H2,1-4H3;6-7,23-24H,4-5H2,1-2H3. The second-order valence-corrected chi connectivity index (χ2v) is 33.9. The molecule has 692 valence electrons. The van der Waals surface area contributed by atoms with Crippen LogP contribution >= 0.6 is 0 Å². The van der Waals surface area contributed by atoms with Crippen LogP contribution in [0.1, 0.15) is 302 Å². The molecule has 6 atom stereocenters. The topological polar surface area (TPSA) is 362 Å². The Bertz CT molecular complexity index is 4950. The van der Waals surface area contributed by atoms with Crippen LogP contribution < -0.4 is 28.0 Å². The number of nitrogens with zero attached hydrogens (tertiary/aromatic N) is 15. The number of hydrogen-bond donors (Lipinski definition) is 5. The van der Waals surface area contributed by atoms with Crippen LogP contribution in [0.3, 0.4) is 0 Å². The quantitative estimate of drug-likeness (QED) is 0.0134. The maximum absolute atomic E-state index is 14.3. The third kappa shape index (κ3) is 30.6. The number of aryl methyl sites for hydroxylation is 2. The Hall–Kier alpha value is -12.0. The first-order valence-corrected chi connectivity index (χ1v) is 46.6. The van der Waals surface area contributed by atoms with Crippen molar-refractivity contribution in [3.8, 4) is 35.7 Å². The number of aromatic nitrogens is 4. The Kier molecular flexibility index (Phi) is 46.3. The number of carbonyl (C=O) groups is 3. The molecule has 128 heavy (non-hydrogen) atoms. The largest absolute Gasteiger partial charge is 0.503 e. The summed E-state index contributed by atoms with van der Waals surface area (Å²) >= 11 is 0. The van der Waals surface area contributed by atoms with Gasteiger partial charge in [0.1, 0.15) is 29.0 Å². The normalized spacial score (nSPS) is 12.6. The monoisotopic (exact) mass is 1760 g/mol. The van der Waals surface area contributed by atoms with E-state index in [0.717, 1.165) is 152 Å². The molecule has 0 bridgehead atoms. The summed E-state index contributed by atoms with van der Waals surface area (Å²) in [4.78, 5) is 107. The van der Waals surface area contributed by atoms with Crippen molar-refractivity contribution in [2.75, 3.05) is 45.0 Å². The van der Waals surface area contributed by atoms with Crippen molar-refractivity contribution in [3.63, 3.8) is 0 Å². The van der Waals surface area contributed by atoms with E-state index in [9.17, 15) is 59.2 Å². The summed E-state index contributed by atoms with van der Waals surface area (Å²) in [6.07, 6.45) is 26.4. The molecular formula is C101H142N16O11. The van der Waals surface area contributed by atoms with Gasteiger partial charge in [-0.15, -0.1) is 10.2 Å². The lowest BCUT2D eigenvalue weighted by Gasteiger charge is -2.31. The number of carbonyl (C=O) groups excluding carboxylic acids is 3. The number of benzene rings is 3. The van der Waals surface area contributed by atoms with Gasteiger partial charge in [-0.25, -0.2) is 9.69 Å². The van der Waals surface area contributed by atoms with Crippen LogP contribution in [-0.4, -0.2) is 110 Å². The molecule has 3 aromatic carbocycles. The number of anilines is 1. The van der Waals surface area contributed by atoms with Crippen LogP contribution in [0.4, 0.5) is 39.8 Å². The molecule has 7 rings (SSSR count). The van der Waals surface area contributed by atoms with E-state index in [4.69, 9.17) is 24.1 Å². The van der Waals surface area contributed by atoms with E-state index < -0.39 is 58.8 Å². The number of azo groups is 2. The zero-order valence-electron chi connectivity index (χ0n) is 79.0. The van der Waals surface area contributed by atoms with Gasteiger partial charge in [0.15, 0.2) is 17.4 Å². The number of pyridine rings is 4. The van der Waals surface area contributed by atoms with Gasteiger partial charge in [0.2, 0.25) is 23.1 Å². The Morgan fingerprint density at radius 2 is 0.695 bits per heavy atom. The van der Waals surface area contributed by atoms with E-state index in [-0.39, 0.29) is 75.8 Å². The third-order valence-electron chi connectivity index (χ3n) is 24.6. The minimum atomic E-state index is -0.836. The summed E-state index contributed by atoms with van der Waals surface area (Å²) in [5.74, 6) is 0.229. The van der Waals surface area contributed by atoms with Gasteiger partial charge in [0, 0.05) is 99.5 Å². The Morgan fingerprint density at radius 3 is 1.02 bits per heavy atom. The summed E-state index contributed by atoms with van der Waals surface area (Å²) in [5, 5.41) is 79.4. The number of unbranched alkanes of at least 4 members (excludes halogenated alkanes) is 6.